The summed E-state index contributed by atoms with van der Waals surface area (Å²) in [6.07, 6.45) is 3.25. The molecule has 0 aromatic heterocycles. The fourth-order valence-electron chi connectivity index (χ4n) is 4.60. The van der Waals surface area contributed by atoms with Gasteiger partial charge < -0.3 is 11.1 Å². The zero-order valence-corrected chi connectivity index (χ0v) is 16.4. The fourth-order valence-corrected chi connectivity index (χ4v) is 5.72. The molecule has 4 unspecified atom stereocenters. The maximum absolute atomic E-state index is 12.7. The van der Waals surface area contributed by atoms with Crippen molar-refractivity contribution in [3.05, 3.63) is 60.2 Å². The number of anilines is 1. The highest BCUT2D eigenvalue weighted by Crippen LogP contribution is 2.47. The molecule has 2 aromatic rings. The average Bonchev–Trinajstić information content (AvgIpc) is 3.29. The first kappa shape index (κ1) is 19.0. The van der Waals surface area contributed by atoms with Crippen LogP contribution in [0.15, 0.2) is 59.5 Å². The minimum Gasteiger partial charge on any atom is -0.352 e. The number of hydrogen-bond acceptors (Lipinski definition) is 4. The molecule has 4 rings (SSSR count). The number of para-hydroxylation sites is 1. The average molecular weight is 400 g/mol. The lowest BCUT2D eigenvalue weighted by Crippen LogP contribution is -2.45. The number of nitrogens with two attached hydrogens (primary N) is 1. The van der Waals surface area contributed by atoms with Gasteiger partial charge in [0.2, 0.25) is 5.91 Å². The van der Waals surface area contributed by atoms with Gasteiger partial charge in [0.05, 0.1) is 16.5 Å². The Morgan fingerprint density at radius 3 is 2.39 bits per heavy atom. The number of hydrogen-bond donors (Lipinski definition) is 3. The first-order valence-electron chi connectivity index (χ1n) is 9.65. The Kier molecular flexibility index (Phi) is 5.12. The number of fused-ring (bicyclic) bond motifs is 2. The summed E-state index contributed by atoms with van der Waals surface area (Å²) in [6, 6.07) is 15.2. The molecule has 2 aromatic carbocycles. The van der Waals surface area contributed by atoms with Crippen LogP contribution in [-0.2, 0) is 21.4 Å². The molecular weight excluding hydrogens is 374 g/mol. The van der Waals surface area contributed by atoms with Gasteiger partial charge in [-0.25, -0.2) is 8.42 Å². The molecule has 6 nitrogen and oxygen atoms in total. The predicted octanol–water partition coefficient (Wildman–Crippen LogP) is 2.48. The molecule has 2 aliphatic carbocycles. The molecule has 0 saturated heterocycles. The van der Waals surface area contributed by atoms with Gasteiger partial charge in [0.15, 0.2) is 0 Å². The summed E-state index contributed by atoms with van der Waals surface area (Å²) < 4.78 is 27.9. The highest BCUT2D eigenvalue weighted by Gasteiger charge is 2.48. The molecule has 2 saturated carbocycles. The molecule has 4 N–H and O–H groups in total. The third kappa shape index (κ3) is 3.64. The van der Waals surface area contributed by atoms with E-state index < -0.39 is 10.0 Å². The summed E-state index contributed by atoms with van der Waals surface area (Å²) in [5.41, 5.74) is 7.44. The first-order chi connectivity index (χ1) is 13.5. The predicted molar refractivity (Wildman–Crippen MR) is 108 cm³/mol. The van der Waals surface area contributed by atoms with Gasteiger partial charge in [-0.3, -0.25) is 9.52 Å². The summed E-state index contributed by atoms with van der Waals surface area (Å²) in [5, 5.41) is 2.97. The fraction of sp³-hybridized carbons (Fsp3) is 0.381. The van der Waals surface area contributed by atoms with E-state index in [1.165, 1.54) is 0 Å². The Hall–Kier alpha value is -2.38. The van der Waals surface area contributed by atoms with Crippen molar-refractivity contribution >= 4 is 21.6 Å². The van der Waals surface area contributed by atoms with Crippen molar-refractivity contribution in [2.45, 2.75) is 36.7 Å². The van der Waals surface area contributed by atoms with E-state index in [4.69, 9.17) is 5.73 Å². The second-order valence-corrected chi connectivity index (χ2v) is 9.41. The van der Waals surface area contributed by atoms with Crippen molar-refractivity contribution < 1.29 is 13.2 Å². The molecule has 0 spiro atoms. The monoisotopic (exact) mass is 399 g/mol. The van der Waals surface area contributed by atoms with Crippen molar-refractivity contribution in [1.82, 2.24) is 5.32 Å². The van der Waals surface area contributed by atoms with Gasteiger partial charge in [0.25, 0.3) is 10.0 Å². The van der Waals surface area contributed by atoms with Gasteiger partial charge in [0, 0.05) is 12.6 Å². The molecule has 148 valence electrons. The van der Waals surface area contributed by atoms with Crippen LogP contribution < -0.4 is 15.8 Å². The number of benzene rings is 2. The van der Waals surface area contributed by atoms with Crippen molar-refractivity contribution in [2.75, 3.05) is 4.72 Å². The van der Waals surface area contributed by atoms with E-state index in [1.807, 2.05) is 12.1 Å². The number of carbonyl (C=O) groups is 1. The second kappa shape index (κ2) is 7.56. The lowest BCUT2D eigenvalue weighted by atomic mass is 9.84. The van der Waals surface area contributed by atoms with E-state index in [9.17, 15) is 13.2 Å². The molecule has 2 aliphatic rings. The molecule has 0 radical (unpaired) electrons. The van der Waals surface area contributed by atoms with Crippen LogP contribution in [0.3, 0.4) is 0 Å². The Bertz CT molecular complexity index is 960. The Labute approximate surface area is 165 Å². The van der Waals surface area contributed by atoms with E-state index in [2.05, 4.69) is 10.0 Å². The van der Waals surface area contributed by atoms with Crippen LogP contribution >= 0.6 is 0 Å². The molecular formula is C21H25N3O3S. The summed E-state index contributed by atoms with van der Waals surface area (Å²) in [6.45, 7) is 0.257. The maximum atomic E-state index is 12.7. The Morgan fingerprint density at radius 1 is 1.00 bits per heavy atom. The number of rotatable bonds is 6. The smallest absolute Gasteiger partial charge is 0.261 e. The van der Waals surface area contributed by atoms with Crippen molar-refractivity contribution in [1.29, 1.82) is 0 Å². The van der Waals surface area contributed by atoms with Gasteiger partial charge >= 0.3 is 0 Å². The zero-order chi connectivity index (χ0) is 19.7. The summed E-state index contributed by atoms with van der Waals surface area (Å²) in [7, 11) is -3.69. The molecule has 4 atom stereocenters. The number of nitrogens with one attached hydrogen (secondary N) is 2. The second-order valence-electron chi connectivity index (χ2n) is 7.73. The molecule has 2 bridgehead atoms. The van der Waals surface area contributed by atoms with Gasteiger partial charge in [-0.15, -0.1) is 0 Å². The van der Waals surface area contributed by atoms with E-state index in [0.29, 0.717) is 23.1 Å². The zero-order valence-electron chi connectivity index (χ0n) is 15.5. The van der Waals surface area contributed by atoms with Crippen molar-refractivity contribution in [3.63, 3.8) is 0 Å². The third-order valence-corrected chi connectivity index (χ3v) is 7.43. The summed E-state index contributed by atoms with van der Waals surface area (Å²) >= 11 is 0. The lowest BCUT2D eigenvalue weighted by molar-refractivity contribution is -0.127. The molecule has 0 heterocycles. The summed E-state index contributed by atoms with van der Waals surface area (Å²) in [5.74, 6) is 0.685. The Morgan fingerprint density at radius 2 is 1.68 bits per heavy atom. The summed E-state index contributed by atoms with van der Waals surface area (Å²) in [4.78, 5) is 12.9. The standard InChI is InChI=1S/C21H25N3O3S/c22-20-15-11-10-14(12-15)19(20)21(25)23-13-16-6-4-5-9-18(16)24-28(26,27)17-7-2-1-3-8-17/h1-9,14-15,19-20,24H,10-13,22H2,(H,23,25). The van der Waals surface area contributed by atoms with Crippen LogP contribution in [0, 0.1) is 17.8 Å². The molecule has 2 fully saturated rings. The molecule has 0 aliphatic heterocycles. The quantitative estimate of drug-likeness (QED) is 0.694. The lowest BCUT2D eigenvalue weighted by Gasteiger charge is -2.27. The van der Waals surface area contributed by atoms with Crippen LogP contribution in [0.2, 0.25) is 0 Å². The van der Waals surface area contributed by atoms with E-state index in [1.54, 1.807) is 42.5 Å². The Balaban J connectivity index is 1.46. The van der Waals surface area contributed by atoms with E-state index in [0.717, 1.165) is 19.3 Å². The highest BCUT2D eigenvalue weighted by atomic mass is 32.2. The van der Waals surface area contributed by atoms with Crippen LogP contribution in [-0.4, -0.2) is 20.4 Å². The van der Waals surface area contributed by atoms with Crippen LogP contribution in [0.1, 0.15) is 24.8 Å². The van der Waals surface area contributed by atoms with Gasteiger partial charge in [0.1, 0.15) is 0 Å². The van der Waals surface area contributed by atoms with Crippen molar-refractivity contribution in [3.8, 4) is 0 Å². The minimum atomic E-state index is -3.69. The van der Waals surface area contributed by atoms with Crippen molar-refractivity contribution in [2.24, 2.45) is 23.5 Å². The number of amides is 1. The van der Waals surface area contributed by atoms with Gasteiger partial charge in [-0.2, -0.15) is 0 Å². The molecule has 28 heavy (non-hydrogen) atoms. The number of sulfonamides is 1. The SMILES string of the molecule is NC1C2CCC(C2)C1C(=O)NCc1ccccc1NS(=O)(=O)c1ccccc1. The highest BCUT2D eigenvalue weighted by molar-refractivity contribution is 7.92. The van der Waals surface area contributed by atoms with E-state index >= 15 is 0 Å². The first-order valence-corrected chi connectivity index (χ1v) is 11.1. The third-order valence-electron chi connectivity index (χ3n) is 6.05. The topological polar surface area (TPSA) is 101 Å². The van der Waals surface area contributed by atoms with Crippen LogP contribution in [0.5, 0.6) is 0 Å². The van der Waals surface area contributed by atoms with Crippen LogP contribution in [0.25, 0.3) is 0 Å². The minimum absolute atomic E-state index is 0.0274. The maximum Gasteiger partial charge on any atom is 0.261 e. The van der Waals surface area contributed by atoms with Gasteiger partial charge in [-0.1, -0.05) is 36.4 Å². The van der Waals surface area contributed by atoms with Crippen LogP contribution in [0.4, 0.5) is 5.69 Å². The largest absolute Gasteiger partial charge is 0.352 e. The number of carbonyl (C=O) groups excluding carboxylic acids is 1. The normalized spacial score (nSPS) is 26.2. The molecule has 1 amide bonds. The van der Waals surface area contributed by atoms with Gasteiger partial charge in [-0.05, 0) is 54.9 Å². The molecule has 7 heteroatoms. The van der Waals surface area contributed by atoms with E-state index in [-0.39, 0.29) is 29.3 Å².